The van der Waals surface area contributed by atoms with Gasteiger partial charge in [0.15, 0.2) is 0 Å². The van der Waals surface area contributed by atoms with Gasteiger partial charge >= 0.3 is 6.03 Å². The first-order valence-corrected chi connectivity index (χ1v) is 10.4. The molecule has 0 saturated carbocycles. The Balaban J connectivity index is 1.53. The first-order valence-electron chi connectivity index (χ1n) is 10.4. The lowest BCUT2D eigenvalue weighted by atomic mass is 9.74. The summed E-state index contributed by atoms with van der Waals surface area (Å²) in [5.41, 5.74) is 2.22. The maximum Gasteiger partial charge on any atom is 0.324 e. The minimum atomic E-state index is -0.910. The normalized spacial score (nSPS) is 23.1. The molecule has 0 spiro atoms. The largest absolute Gasteiger partial charge is 0.497 e. The molecule has 30 heavy (non-hydrogen) atoms. The number of imide groups is 1. The van der Waals surface area contributed by atoms with Crippen molar-refractivity contribution in [3.63, 3.8) is 0 Å². The Kier molecular flexibility index (Phi) is 5.51. The fraction of sp³-hybridized carbons (Fsp3) is 0.500. The van der Waals surface area contributed by atoms with Crippen molar-refractivity contribution in [2.45, 2.75) is 38.3 Å². The van der Waals surface area contributed by atoms with Gasteiger partial charge < -0.3 is 15.0 Å². The van der Waals surface area contributed by atoms with Crippen molar-refractivity contribution in [3.8, 4) is 5.75 Å². The van der Waals surface area contributed by atoms with E-state index in [1.165, 1.54) is 4.90 Å². The molecule has 0 unspecified atom stereocenters. The van der Waals surface area contributed by atoms with Crippen molar-refractivity contribution in [2.24, 2.45) is 5.92 Å². The van der Waals surface area contributed by atoms with Crippen molar-refractivity contribution >= 4 is 11.9 Å². The number of nitrogens with one attached hydrogen (secondary N) is 2. The van der Waals surface area contributed by atoms with E-state index in [9.17, 15) is 9.59 Å². The summed E-state index contributed by atoms with van der Waals surface area (Å²) in [4.78, 5) is 36.8. The Labute approximate surface area is 176 Å². The molecule has 2 fully saturated rings. The van der Waals surface area contributed by atoms with Crippen molar-refractivity contribution < 1.29 is 14.3 Å². The number of hydrogen-bond donors (Lipinski definition) is 2. The number of likely N-dealkylation sites (N-methyl/N-ethyl adjacent to an activating group) is 1. The molecule has 3 amide bonds. The SMILES string of the molecule is COc1cccc(C[C@]2(C3CCN(Cc4nc[nH]c4C)CC3)NC(=O)N(C)C2=O)c1. The van der Waals surface area contributed by atoms with Gasteiger partial charge in [-0.2, -0.15) is 0 Å². The first-order chi connectivity index (χ1) is 14.4. The fourth-order valence-electron chi connectivity index (χ4n) is 4.71. The highest BCUT2D eigenvalue weighted by Crippen LogP contribution is 2.36. The Morgan fingerprint density at radius 3 is 2.63 bits per heavy atom. The number of ether oxygens (including phenoxy) is 1. The third kappa shape index (κ3) is 3.67. The molecule has 4 rings (SSSR count). The number of H-pyrrole nitrogens is 1. The van der Waals surface area contributed by atoms with Crippen LogP contribution in [0.2, 0.25) is 0 Å². The number of benzene rings is 1. The number of aromatic amines is 1. The maximum absolute atomic E-state index is 13.3. The fourth-order valence-corrected chi connectivity index (χ4v) is 4.71. The summed E-state index contributed by atoms with van der Waals surface area (Å²) in [7, 11) is 3.18. The van der Waals surface area contributed by atoms with Crippen LogP contribution < -0.4 is 10.1 Å². The van der Waals surface area contributed by atoms with E-state index in [-0.39, 0.29) is 17.9 Å². The van der Waals surface area contributed by atoms with Crippen LogP contribution in [-0.2, 0) is 17.8 Å². The number of imidazole rings is 1. The molecule has 0 aliphatic carbocycles. The number of aryl methyl sites for hydroxylation is 1. The van der Waals surface area contributed by atoms with Gasteiger partial charge in [-0.3, -0.25) is 14.6 Å². The molecule has 2 N–H and O–H groups in total. The van der Waals surface area contributed by atoms with E-state index < -0.39 is 5.54 Å². The summed E-state index contributed by atoms with van der Waals surface area (Å²) in [6, 6.07) is 7.40. The van der Waals surface area contributed by atoms with Gasteiger partial charge in [0.2, 0.25) is 0 Å². The highest BCUT2D eigenvalue weighted by molar-refractivity contribution is 6.07. The molecule has 8 nitrogen and oxygen atoms in total. The highest BCUT2D eigenvalue weighted by Gasteiger charge is 2.54. The molecule has 0 bridgehead atoms. The number of nitrogens with zero attached hydrogens (tertiary/aromatic N) is 3. The van der Waals surface area contributed by atoms with E-state index in [1.54, 1.807) is 20.5 Å². The second-order valence-electron chi connectivity index (χ2n) is 8.32. The van der Waals surface area contributed by atoms with Crippen LogP contribution in [0.4, 0.5) is 4.79 Å². The van der Waals surface area contributed by atoms with Crippen molar-refractivity contribution in [1.82, 2.24) is 25.1 Å². The summed E-state index contributed by atoms with van der Waals surface area (Å²) in [5.74, 6) is 0.676. The lowest BCUT2D eigenvalue weighted by Crippen LogP contribution is -2.57. The number of carbonyl (C=O) groups is 2. The van der Waals surface area contributed by atoms with E-state index in [1.807, 2.05) is 31.2 Å². The zero-order valence-electron chi connectivity index (χ0n) is 17.8. The molecule has 8 heteroatoms. The van der Waals surface area contributed by atoms with E-state index in [2.05, 4.69) is 20.2 Å². The van der Waals surface area contributed by atoms with Gasteiger partial charge in [-0.1, -0.05) is 12.1 Å². The number of aromatic nitrogens is 2. The average Bonchev–Trinajstić information content (AvgIpc) is 3.25. The molecule has 2 aliphatic heterocycles. The number of piperidine rings is 1. The third-order valence-corrected chi connectivity index (χ3v) is 6.53. The second-order valence-corrected chi connectivity index (χ2v) is 8.32. The lowest BCUT2D eigenvalue weighted by Gasteiger charge is -2.41. The summed E-state index contributed by atoms with van der Waals surface area (Å²) in [6.07, 6.45) is 3.87. The average molecular weight is 412 g/mol. The monoisotopic (exact) mass is 411 g/mol. The molecule has 2 aromatic rings. The molecule has 1 aromatic carbocycles. The third-order valence-electron chi connectivity index (χ3n) is 6.53. The van der Waals surface area contributed by atoms with Gasteiger partial charge in [0.05, 0.1) is 19.1 Å². The van der Waals surface area contributed by atoms with Gasteiger partial charge in [0.1, 0.15) is 11.3 Å². The number of carbonyl (C=O) groups excluding carboxylic acids is 2. The molecular weight excluding hydrogens is 382 g/mol. The summed E-state index contributed by atoms with van der Waals surface area (Å²) in [5, 5.41) is 3.05. The van der Waals surface area contributed by atoms with Gasteiger partial charge in [-0.25, -0.2) is 9.78 Å². The van der Waals surface area contributed by atoms with Crippen LogP contribution in [-0.4, -0.2) is 64.5 Å². The van der Waals surface area contributed by atoms with E-state index in [0.717, 1.165) is 55.2 Å². The number of rotatable bonds is 6. The molecule has 2 saturated heterocycles. The van der Waals surface area contributed by atoms with E-state index in [4.69, 9.17) is 4.74 Å². The highest BCUT2D eigenvalue weighted by atomic mass is 16.5. The predicted molar refractivity (Wildman–Crippen MR) is 112 cm³/mol. The Hall–Kier alpha value is -2.87. The lowest BCUT2D eigenvalue weighted by molar-refractivity contribution is -0.133. The number of likely N-dealkylation sites (tertiary alicyclic amines) is 1. The molecule has 0 radical (unpaired) electrons. The molecule has 1 atom stereocenters. The smallest absolute Gasteiger partial charge is 0.324 e. The Morgan fingerprint density at radius 2 is 2.03 bits per heavy atom. The molecule has 2 aliphatic rings. The predicted octanol–water partition coefficient (Wildman–Crippen LogP) is 2.10. The van der Waals surface area contributed by atoms with Gasteiger partial charge in [0.25, 0.3) is 5.91 Å². The number of methoxy groups -OCH3 is 1. The Morgan fingerprint density at radius 1 is 1.27 bits per heavy atom. The standard InChI is InChI=1S/C22H29N5O3/c1-15-19(24-14-23-15)13-27-9-7-17(8-10-27)22(20(28)26(2)21(29)25-22)12-16-5-4-6-18(11-16)30-3/h4-6,11,14,17H,7-10,12-13H2,1-3H3,(H,23,24)(H,25,29)/t22-/m1/s1. The van der Waals surface area contributed by atoms with Crippen LogP contribution in [0, 0.1) is 12.8 Å². The minimum Gasteiger partial charge on any atom is -0.497 e. The van der Waals surface area contributed by atoms with Crippen LogP contribution in [0.25, 0.3) is 0 Å². The molecule has 3 heterocycles. The van der Waals surface area contributed by atoms with Crippen LogP contribution in [0.5, 0.6) is 5.75 Å². The first kappa shape index (κ1) is 20.4. The summed E-state index contributed by atoms with van der Waals surface area (Å²) >= 11 is 0. The number of urea groups is 1. The van der Waals surface area contributed by atoms with Crippen molar-refractivity contribution in [1.29, 1.82) is 0 Å². The Bertz CT molecular complexity index is 934. The summed E-state index contributed by atoms with van der Waals surface area (Å²) in [6.45, 7) is 4.55. The van der Waals surface area contributed by atoms with Gasteiger partial charge in [-0.15, -0.1) is 0 Å². The zero-order valence-corrected chi connectivity index (χ0v) is 17.8. The number of hydrogen-bond acceptors (Lipinski definition) is 5. The van der Waals surface area contributed by atoms with Crippen molar-refractivity contribution in [3.05, 3.63) is 47.5 Å². The number of amides is 3. The summed E-state index contributed by atoms with van der Waals surface area (Å²) < 4.78 is 5.34. The van der Waals surface area contributed by atoms with Crippen LogP contribution in [0.1, 0.15) is 29.8 Å². The van der Waals surface area contributed by atoms with Crippen molar-refractivity contribution in [2.75, 3.05) is 27.2 Å². The van der Waals surface area contributed by atoms with Gasteiger partial charge in [-0.05, 0) is 56.5 Å². The topological polar surface area (TPSA) is 90.6 Å². The molecular formula is C22H29N5O3. The maximum atomic E-state index is 13.3. The van der Waals surface area contributed by atoms with Crippen LogP contribution >= 0.6 is 0 Å². The van der Waals surface area contributed by atoms with Crippen LogP contribution in [0.15, 0.2) is 30.6 Å². The zero-order chi connectivity index (χ0) is 21.3. The van der Waals surface area contributed by atoms with Crippen LogP contribution in [0.3, 0.4) is 0 Å². The molecule has 1 aromatic heterocycles. The van der Waals surface area contributed by atoms with Gasteiger partial charge in [0, 0.05) is 25.7 Å². The van der Waals surface area contributed by atoms with E-state index >= 15 is 0 Å². The minimum absolute atomic E-state index is 0.0710. The quantitative estimate of drug-likeness (QED) is 0.711. The second kappa shape index (κ2) is 8.10. The molecule has 160 valence electrons. The van der Waals surface area contributed by atoms with E-state index in [0.29, 0.717) is 6.42 Å².